The van der Waals surface area contributed by atoms with Gasteiger partial charge in [-0.1, -0.05) is 0 Å². The van der Waals surface area contributed by atoms with E-state index >= 15 is 0 Å². The number of ether oxygens (including phenoxy) is 1. The largest absolute Gasteiger partial charge is 0.494 e. The number of amides is 2. The summed E-state index contributed by atoms with van der Waals surface area (Å²) in [6, 6.07) is 10.7. The van der Waals surface area contributed by atoms with Crippen LogP contribution in [0.15, 0.2) is 47.1 Å². The molecule has 25 heavy (non-hydrogen) atoms. The number of carbonyl (C=O) groups excluding carboxylic acids is 2. The average molecular weight is 342 g/mol. The van der Waals surface area contributed by atoms with Gasteiger partial charge in [-0.05, 0) is 56.2 Å². The summed E-state index contributed by atoms with van der Waals surface area (Å²) >= 11 is 0. The summed E-state index contributed by atoms with van der Waals surface area (Å²) in [5.41, 5.74) is 0.752. The zero-order chi connectivity index (χ0) is 17.6. The lowest BCUT2D eigenvalue weighted by Gasteiger charge is -2.30. The summed E-state index contributed by atoms with van der Waals surface area (Å²) in [6.07, 6.45) is 2.79. The van der Waals surface area contributed by atoms with Crippen molar-refractivity contribution in [2.24, 2.45) is 5.92 Å². The van der Waals surface area contributed by atoms with Gasteiger partial charge in [0.25, 0.3) is 5.91 Å². The van der Waals surface area contributed by atoms with E-state index in [9.17, 15) is 9.59 Å². The summed E-state index contributed by atoms with van der Waals surface area (Å²) < 4.78 is 10.5. The molecule has 3 rings (SSSR count). The van der Waals surface area contributed by atoms with Gasteiger partial charge in [-0.2, -0.15) is 0 Å². The number of hydrogen-bond acceptors (Lipinski definition) is 4. The molecule has 2 heterocycles. The maximum absolute atomic E-state index is 12.4. The second kappa shape index (κ2) is 7.88. The van der Waals surface area contributed by atoms with Crippen LogP contribution >= 0.6 is 0 Å². The van der Waals surface area contributed by atoms with Crippen LogP contribution in [0.2, 0.25) is 0 Å². The fourth-order valence-corrected chi connectivity index (χ4v) is 2.95. The highest BCUT2D eigenvalue weighted by molar-refractivity contribution is 5.94. The first-order valence-corrected chi connectivity index (χ1v) is 8.54. The molecule has 0 unspecified atom stereocenters. The summed E-state index contributed by atoms with van der Waals surface area (Å²) in [7, 11) is 0. The summed E-state index contributed by atoms with van der Waals surface area (Å²) in [5.74, 6) is 0.916. The van der Waals surface area contributed by atoms with Crippen molar-refractivity contribution in [1.82, 2.24) is 4.90 Å². The Balaban J connectivity index is 1.50. The number of piperidine rings is 1. The second-order valence-electron chi connectivity index (χ2n) is 5.99. The van der Waals surface area contributed by atoms with Gasteiger partial charge in [0.05, 0.1) is 12.9 Å². The van der Waals surface area contributed by atoms with Crippen molar-refractivity contribution in [3.8, 4) is 5.75 Å². The van der Waals surface area contributed by atoms with Gasteiger partial charge in [0, 0.05) is 24.7 Å². The zero-order valence-electron chi connectivity index (χ0n) is 14.2. The van der Waals surface area contributed by atoms with Crippen molar-refractivity contribution in [2.75, 3.05) is 25.0 Å². The molecule has 2 amide bonds. The molecule has 6 heteroatoms. The number of likely N-dealkylation sites (tertiary alicyclic amines) is 1. The third-order valence-corrected chi connectivity index (χ3v) is 4.32. The van der Waals surface area contributed by atoms with E-state index in [4.69, 9.17) is 9.15 Å². The zero-order valence-corrected chi connectivity index (χ0v) is 14.2. The van der Waals surface area contributed by atoms with Crippen LogP contribution in [0.5, 0.6) is 5.75 Å². The van der Waals surface area contributed by atoms with Crippen LogP contribution in [-0.2, 0) is 4.79 Å². The molecular weight excluding hydrogens is 320 g/mol. The van der Waals surface area contributed by atoms with Crippen molar-refractivity contribution in [2.45, 2.75) is 19.8 Å². The van der Waals surface area contributed by atoms with Crippen LogP contribution in [-0.4, -0.2) is 36.4 Å². The van der Waals surface area contributed by atoms with Gasteiger partial charge >= 0.3 is 0 Å². The van der Waals surface area contributed by atoms with Crippen molar-refractivity contribution in [3.63, 3.8) is 0 Å². The third-order valence-electron chi connectivity index (χ3n) is 4.32. The molecule has 0 radical (unpaired) electrons. The second-order valence-corrected chi connectivity index (χ2v) is 5.99. The van der Waals surface area contributed by atoms with E-state index in [1.807, 2.05) is 31.2 Å². The highest BCUT2D eigenvalue weighted by atomic mass is 16.5. The molecule has 1 aromatic carbocycles. The average Bonchev–Trinajstić information content (AvgIpc) is 3.18. The van der Waals surface area contributed by atoms with Crippen LogP contribution in [0, 0.1) is 5.92 Å². The van der Waals surface area contributed by atoms with Crippen molar-refractivity contribution < 1.29 is 18.7 Å². The minimum atomic E-state index is -0.115. The molecule has 1 aliphatic rings. The number of nitrogens with one attached hydrogen (secondary N) is 1. The molecule has 1 aliphatic heterocycles. The first-order valence-electron chi connectivity index (χ1n) is 8.54. The summed E-state index contributed by atoms with van der Waals surface area (Å²) in [4.78, 5) is 26.4. The van der Waals surface area contributed by atoms with Crippen LogP contribution in [0.4, 0.5) is 5.69 Å². The Bertz CT molecular complexity index is 702. The normalized spacial score (nSPS) is 15.0. The van der Waals surface area contributed by atoms with Crippen molar-refractivity contribution >= 4 is 17.5 Å². The molecule has 1 N–H and O–H groups in total. The molecular formula is C19H22N2O4. The van der Waals surface area contributed by atoms with Crippen molar-refractivity contribution in [3.05, 3.63) is 48.4 Å². The van der Waals surface area contributed by atoms with Gasteiger partial charge < -0.3 is 19.4 Å². The molecule has 1 fully saturated rings. The number of hydrogen-bond donors (Lipinski definition) is 1. The molecule has 1 saturated heterocycles. The van der Waals surface area contributed by atoms with E-state index in [2.05, 4.69) is 5.32 Å². The lowest BCUT2D eigenvalue weighted by atomic mass is 9.95. The first-order chi connectivity index (χ1) is 12.2. The van der Waals surface area contributed by atoms with Crippen molar-refractivity contribution in [1.29, 1.82) is 0 Å². The SMILES string of the molecule is CCOc1ccc(NC(=O)C2CCN(C(=O)c3ccco3)CC2)cc1. The molecule has 132 valence electrons. The van der Waals surface area contributed by atoms with E-state index in [0.717, 1.165) is 11.4 Å². The predicted molar refractivity (Wildman–Crippen MR) is 93.6 cm³/mol. The number of carbonyl (C=O) groups is 2. The molecule has 0 bridgehead atoms. The number of furan rings is 1. The van der Waals surface area contributed by atoms with Gasteiger partial charge in [0.2, 0.25) is 5.91 Å². The van der Waals surface area contributed by atoms with Gasteiger partial charge in [0.15, 0.2) is 5.76 Å². The Morgan fingerprint density at radius 3 is 2.52 bits per heavy atom. The first kappa shape index (κ1) is 17.1. The maximum Gasteiger partial charge on any atom is 0.289 e. The molecule has 1 aromatic heterocycles. The van der Waals surface area contributed by atoms with E-state index in [0.29, 0.717) is 38.3 Å². The molecule has 6 nitrogen and oxygen atoms in total. The summed E-state index contributed by atoms with van der Waals surface area (Å²) in [6.45, 7) is 3.65. The minimum absolute atomic E-state index is 0.00532. The van der Waals surface area contributed by atoms with Gasteiger partial charge in [-0.25, -0.2) is 0 Å². The standard InChI is InChI=1S/C19H22N2O4/c1-2-24-16-7-5-15(6-8-16)20-18(22)14-9-11-21(12-10-14)19(23)17-4-3-13-25-17/h3-8,13-14H,2,9-12H2,1H3,(H,20,22). The van der Waals surface area contributed by atoms with Gasteiger partial charge in [-0.3, -0.25) is 9.59 Å². The number of benzene rings is 1. The fraction of sp³-hybridized carbons (Fsp3) is 0.368. The fourth-order valence-electron chi connectivity index (χ4n) is 2.95. The topological polar surface area (TPSA) is 71.8 Å². The van der Waals surface area contributed by atoms with Crippen LogP contribution in [0.1, 0.15) is 30.3 Å². The summed E-state index contributed by atoms with van der Waals surface area (Å²) in [5, 5.41) is 2.94. The highest BCUT2D eigenvalue weighted by Gasteiger charge is 2.28. The van der Waals surface area contributed by atoms with Crippen LogP contribution < -0.4 is 10.1 Å². The smallest absolute Gasteiger partial charge is 0.289 e. The molecule has 0 atom stereocenters. The molecule has 0 saturated carbocycles. The Hall–Kier alpha value is -2.76. The van der Waals surface area contributed by atoms with Crippen LogP contribution in [0.25, 0.3) is 0 Å². The lowest BCUT2D eigenvalue weighted by Crippen LogP contribution is -2.41. The highest BCUT2D eigenvalue weighted by Crippen LogP contribution is 2.22. The quantitative estimate of drug-likeness (QED) is 0.906. The number of nitrogens with zero attached hydrogens (tertiary/aromatic N) is 1. The Labute approximate surface area is 146 Å². The lowest BCUT2D eigenvalue weighted by molar-refractivity contribution is -0.121. The van der Waals surface area contributed by atoms with Gasteiger partial charge in [0.1, 0.15) is 5.75 Å². The molecule has 0 aliphatic carbocycles. The Kier molecular flexibility index (Phi) is 5.38. The number of rotatable bonds is 5. The predicted octanol–water partition coefficient (Wildman–Crippen LogP) is 3.17. The monoisotopic (exact) mass is 342 g/mol. The van der Waals surface area contributed by atoms with E-state index < -0.39 is 0 Å². The van der Waals surface area contributed by atoms with Crippen LogP contribution in [0.3, 0.4) is 0 Å². The molecule has 2 aromatic rings. The maximum atomic E-state index is 12.4. The minimum Gasteiger partial charge on any atom is -0.494 e. The Morgan fingerprint density at radius 2 is 1.92 bits per heavy atom. The van der Waals surface area contributed by atoms with E-state index in [-0.39, 0.29) is 17.7 Å². The Morgan fingerprint density at radius 1 is 1.20 bits per heavy atom. The van der Waals surface area contributed by atoms with Gasteiger partial charge in [-0.15, -0.1) is 0 Å². The third kappa shape index (κ3) is 4.21. The molecule has 0 spiro atoms. The number of anilines is 1. The van der Waals surface area contributed by atoms with E-state index in [1.165, 1.54) is 6.26 Å². The van der Waals surface area contributed by atoms with E-state index in [1.54, 1.807) is 17.0 Å².